The first-order chi connectivity index (χ1) is 7.83. The topological polar surface area (TPSA) is 60.1 Å². The number of aromatic hydroxyl groups is 1. The standard InChI is InChI=1S/C12H17N3O/c1-2-14-15-7-6-9-8-13-10-4-3-5-11(16)12(9)10/h3-5,8,13-16H,2,6-7H2,1H3. The van der Waals surface area contributed by atoms with Gasteiger partial charge in [-0.05, 0) is 24.1 Å². The molecule has 0 radical (unpaired) electrons. The highest BCUT2D eigenvalue weighted by molar-refractivity contribution is 5.88. The molecule has 1 aromatic carbocycles. The zero-order valence-electron chi connectivity index (χ0n) is 9.38. The lowest BCUT2D eigenvalue weighted by atomic mass is 10.1. The van der Waals surface area contributed by atoms with Gasteiger partial charge in [-0.1, -0.05) is 13.0 Å². The van der Waals surface area contributed by atoms with Crippen LogP contribution in [0.5, 0.6) is 5.75 Å². The van der Waals surface area contributed by atoms with E-state index in [1.807, 2.05) is 25.3 Å². The van der Waals surface area contributed by atoms with E-state index in [0.717, 1.165) is 36.0 Å². The molecule has 4 heteroatoms. The fraction of sp³-hybridized carbons (Fsp3) is 0.333. The number of fused-ring (bicyclic) bond motifs is 1. The number of nitrogens with one attached hydrogen (secondary N) is 3. The lowest BCUT2D eigenvalue weighted by Crippen LogP contribution is -2.32. The van der Waals surface area contributed by atoms with Crippen molar-refractivity contribution in [1.82, 2.24) is 15.8 Å². The molecule has 0 bridgehead atoms. The van der Waals surface area contributed by atoms with Gasteiger partial charge in [0.2, 0.25) is 0 Å². The lowest BCUT2D eigenvalue weighted by Gasteiger charge is -2.04. The van der Waals surface area contributed by atoms with Gasteiger partial charge in [-0.25, -0.2) is 0 Å². The third kappa shape index (κ3) is 2.18. The fourth-order valence-corrected chi connectivity index (χ4v) is 1.84. The van der Waals surface area contributed by atoms with Crippen molar-refractivity contribution < 1.29 is 5.11 Å². The first kappa shape index (κ1) is 11.0. The van der Waals surface area contributed by atoms with Crippen LogP contribution < -0.4 is 10.9 Å². The number of aromatic amines is 1. The highest BCUT2D eigenvalue weighted by Crippen LogP contribution is 2.27. The van der Waals surface area contributed by atoms with E-state index in [1.165, 1.54) is 0 Å². The van der Waals surface area contributed by atoms with Gasteiger partial charge in [-0.15, -0.1) is 0 Å². The summed E-state index contributed by atoms with van der Waals surface area (Å²) in [6.45, 7) is 3.79. The van der Waals surface area contributed by atoms with Crippen LogP contribution in [-0.2, 0) is 6.42 Å². The maximum absolute atomic E-state index is 9.79. The van der Waals surface area contributed by atoms with Gasteiger partial charge in [0.25, 0.3) is 0 Å². The number of phenolic OH excluding ortho intramolecular Hbond substituents is 1. The molecule has 0 aliphatic heterocycles. The second kappa shape index (κ2) is 5.01. The molecule has 0 atom stereocenters. The number of phenols is 1. The Morgan fingerprint density at radius 1 is 1.31 bits per heavy atom. The van der Waals surface area contributed by atoms with Crippen molar-refractivity contribution in [3.05, 3.63) is 30.0 Å². The highest BCUT2D eigenvalue weighted by atomic mass is 16.3. The number of hydrazine groups is 1. The summed E-state index contributed by atoms with van der Waals surface area (Å²) in [6, 6.07) is 5.53. The van der Waals surface area contributed by atoms with Crippen LogP contribution in [0.4, 0.5) is 0 Å². The zero-order chi connectivity index (χ0) is 11.4. The number of benzene rings is 1. The molecular formula is C12H17N3O. The lowest BCUT2D eigenvalue weighted by molar-refractivity contribution is 0.481. The summed E-state index contributed by atoms with van der Waals surface area (Å²) in [5.74, 6) is 0.345. The molecule has 4 nitrogen and oxygen atoms in total. The molecular weight excluding hydrogens is 202 g/mol. The van der Waals surface area contributed by atoms with Crippen LogP contribution in [0.1, 0.15) is 12.5 Å². The Kier molecular flexibility index (Phi) is 3.44. The van der Waals surface area contributed by atoms with Crippen molar-refractivity contribution >= 4 is 10.9 Å². The third-order valence-corrected chi connectivity index (χ3v) is 2.59. The molecule has 2 aromatic rings. The average molecular weight is 219 g/mol. The highest BCUT2D eigenvalue weighted by Gasteiger charge is 2.06. The smallest absolute Gasteiger partial charge is 0.125 e. The van der Waals surface area contributed by atoms with Gasteiger partial charge >= 0.3 is 0 Å². The second-order valence-corrected chi connectivity index (χ2v) is 3.72. The SMILES string of the molecule is CCNNCCc1c[nH]c2cccc(O)c12. The van der Waals surface area contributed by atoms with E-state index in [9.17, 15) is 5.11 Å². The molecule has 0 spiro atoms. The molecule has 0 saturated heterocycles. The molecule has 86 valence electrons. The number of H-pyrrole nitrogens is 1. The first-order valence-electron chi connectivity index (χ1n) is 5.56. The number of rotatable bonds is 5. The summed E-state index contributed by atoms with van der Waals surface area (Å²) < 4.78 is 0. The number of hydrogen-bond donors (Lipinski definition) is 4. The van der Waals surface area contributed by atoms with Crippen molar-refractivity contribution in [3.63, 3.8) is 0 Å². The molecule has 0 unspecified atom stereocenters. The van der Waals surface area contributed by atoms with E-state index >= 15 is 0 Å². The van der Waals surface area contributed by atoms with Crippen LogP contribution >= 0.6 is 0 Å². The minimum Gasteiger partial charge on any atom is -0.507 e. The molecule has 4 N–H and O–H groups in total. The van der Waals surface area contributed by atoms with E-state index < -0.39 is 0 Å². The van der Waals surface area contributed by atoms with E-state index in [4.69, 9.17) is 0 Å². The predicted octanol–water partition coefficient (Wildman–Crippen LogP) is 1.53. The summed E-state index contributed by atoms with van der Waals surface area (Å²) >= 11 is 0. The van der Waals surface area contributed by atoms with Crippen LogP contribution in [0, 0.1) is 0 Å². The van der Waals surface area contributed by atoms with Gasteiger partial charge in [0.1, 0.15) is 5.75 Å². The summed E-state index contributed by atoms with van der Waals surface area (Å²) in [5.41, 5.74) is 8.28. The van der Waals surface area contributed by atoms with Crippen LogP contribution in [0.15, 0.2) is 24.4 Å². The monoisotopic (exact) mass is 219 g/mol. The first-order valence-corrected chi connectivity index (χ1v) is 5.56. The van der Waals surface area contributed by atoms with E-state index in [0.29, 0.717) is 5.75 Å². The minimum absolute atomic E-state index is 0.345. The third-order valence-electron chi connectivity index (χ3n) is 2.59. The Balaban J connectivity index is 2.12. The van der Waals surface area contributed by atoms with Gasteiger partial charge < -0.3 is 10.1 Å². The fourth-order valence-electron chi connectivity index (χ4n) is 1.84. The van der Waals surface area contributed by atoms with Gasteiger partial charge in [0.15, 0.2) is 0 Å². The van der Waals surface area contributed by atoms with E-state index in [1.54, 1.807) is 6.07 Å². The van der Waals surface area contributed by atoms with E-state index in [-0.39, 0.29) is 0 Å². The Bertz CT molecular complexity index is 464. The van der Waals surface area contributed by atoms with Crippen LogP contribution in [0.25, 0.3) is 10.9 Å². The van der Waals surface area contributed by atoms with Gasteiger partial charge in [-0.2, -0.15) is 0 Å². The van der Waals surface area contributed by atoms with Crippen molar-refractivity contribution in [2.24, 2.45) is 0 Å². The normalized spacial score (nSPS) is 11.1. The van der Waals surface area contributed by atoms with Crippen LogP contribution in [0.2, 0.25) is 0 Å². The Morgan fingerprint density at radius 3 is 3.00 bits per heavy atom. The Labute approximate surface area is 94.6 Å². The largest absolute Gasteiger partial charge is 0.507 e. The van der Waals surface area contributed by atoms with Crippen molar-refractivity contribution in [2.75, 3.05) is 13.1 Å². The quantitative estimate of drug-likeness (QED) is 0.455. The van der Waals surface area contributed by atoms with Crippen molar-refractivity contribution in [1.29, 1.82) is 0 Å². The maximum atomic E-state index is 9.79. The maximum Gasteiger partial charge on any atom is 0.125 e. The zero-order valence-corrected chi connectivity index (χ0v) is 9.38. The number of aromatic nitrogens is 1. The van der Waals surface area contributed by atoms with Gasteiger partial charge in [0.05, 0.1) is 0 Å². The second-order valence-electron chi connectivity index (χ2n) is 3.72. The molecule has 0 aliphatic rings. The van der Waals surface area contributed by atoms with Crippen LogP contribution in [-0.4, -0.2) is 23.2 Å². The predicted molar refractivity (Wildman–Crippen MR) is 65.3 cm³/mol. The molecule has 0 saturated carbocycles. The van der Waals surface area contributed by atoms with Gasteiger partial charge in [0, 0.05) is 30.2 Å². The molecule has 1 aromatic heterocycles. The van der Waals surface area contributed by atoms with Crippen molar-refractivity contribution in [2.45, 2.75) is 13.3 Å². The average Bonchev–Trinajstić information content (AvgIpc) is 2.69. The Morgan fingerprint density at radius 2 is 2.19 bits per heavy atom. The van der Waals surface area contributed by atoms with E-state index in [2.05, 4.69) is 15.8 Å². The minimum atomic E-state index is 0.345. The molecule has 0 fully saturated rings. The van der Waals surface area contributed by atoms with Crippen LogP contribution in [0.3, 0.4) is 0 Å². The molecule has 1 heterocycles. The summed E-state index contributed by atoms with van der Waals surface area (Å²) in [5, 5.41) is 10.7. The summed E-state index contributed by atoms with van der Waals surface area (Å²) in [4.78, 5) is 3.16. The Hall–Kier alpha value is -1.52. The molecule has 0 amide bonds. The van der Waals surface area contributed by atoms with Gasteiger partial charge in [-0.3, -0.25) is 10.9 Å². The molecule has 2 rings (SSSR count). The summed E-state index contributed by atoms with van der Waals surface area (Å²) in [7, 11) is 0. The molecule has 16 heavy (non-hydrogen) atoms. The number of hydrogen-bond acceptors (Lipinski definition) is 3. The molecule has 0 aliphatic carbocycles. The van der Waals surface area contributed by atoms with Crippen molar-refractivity contribution in [3.8, 4) is 5.75 Å². The summed E-state index contributed by atoms with van der Waals surface area (Å²) in [6.07, 6.45) is 2.84.